The first-order valence-corrected chi connectivity index (χ1v) is 8.30. The van der Waals surface area contributed by atoms with Crippen molar-refractivity contribution in [2.45, 2.75) is 39.8 Å². The van der Waals surface area contributed by atoms with E-state index in [-0.39, 0.29) is 0 Å². The minimum absolute atomic E-state index is 0.399. The van der Waals surface area contributed by atoms with Crippen molar-refractivity contribution in [1.29, 1.82) is 0 Å². The van der Waals surface area contributed by atoms with E-state index in [1.165, 1.54) is 6.07 Å². The number of benzene rings is 1. The molecule has 0 aliphatic rings. The van der Waals surface area contributed by atoms with Crippen molar-refractivity contribution in [1.82, 2.24) is 4.90 Å². The number of hydrogen-bond acceptors (Lipinski definition) is 5. The fraction of sp³-hybridized carbons (Fsp3) is 0.421. The van der Waals surface area contributed by atoms with E-state index in [9.17, 15) is 4.79 Å². The molecule has 0 saturated carbocycles. The lowest BCUT2D eigenvalue weighted by atomic mass is 10.1. The molecular formula is C19H23NO4. The second-order valence-corrected chi connectivity index (χ2v) is 6.49. The van der Waals surface area contributed by atoms with Gasteiger partial charge in [0.05, 0.1) is 6.26 Å². The topological polar surface area (TPSA) is 55.8 Å². The van der Waals surface area contributed by atoms with Gasteiger partial charge in [-0.15, -0.1) is 0 Å². The quantitative estimate of drug-likeness (QED) is 0.639. The first kappa shape index (κ1) is 16.6. The predicted octanol–water partition coefficient (Wildman–Crippen LogP) is 4.04. The van der Waals surface area contributed by atoms with Crippen molar-refractivity contribution in [3.63, 3.8) is 0 Å². The van der Waals surface area contributed by atoms with Gasteiger partial charge in [-0.05, 0) is 45.9 Å². The van der Waals surface area contributed by atoms with Crippen LogP contribution in [0.2, 0.25) is 0 Å². The largest absolute Gasteiger partial charge is 0.485 e. The van der Waals surface area contributed by atoms with E-state index in [0.717, 1.165) is 17.3 Å². The van der Waals surface area contributed by atoms with Crippen LogP contribution < -0.4 is 10.4 Å². The third kappa shape index (κ3) is 3.17. The molecule has 2 heterocycles. The van der Waals surface area contributed by atoms with Crippen LogP contribution in [0.25, 0.3) is 21.9 Å². The fourth-order valence-electron chi connectivity index (χ4n) is 3.10. The molecule has 0 aliphatic heterocycles. The highest BCUT2D eigenvalue weighted by Crippen LogP contribution is 2.34. The molecule has 5 heteroatoms. The summed E-state index contributed by atoms with van der Waals surface area (Å²) in [7, 11) is 0. The average molecular weight is 329 g/mol. The van der Waals surface area contributed by atoms with Gasteiger partial charge >= 0.3 is 5.63 Å². The van der Waals surface area contributed by atoms with Gasteiger partial charge in [-0.1, -0.05) is 0 Å². The summed E-state index contributed by atoms with van der Waals surface area (Å²) in [4.78, 5) is 14.0. The van der Waals surface area contributed by atoms with E-state index in [1.807, 2.05) is 12.1 Å². The summed E-state index contributed by atoms with van der Waals surface area (Å²) in [6, 6.07) is 7.83. The van der Waals surface area contributed by atoms with Crippen LogP contribution in [0.5, 0.6) is 5.75 Å². The van der Waals surface area contributed by atoms with Crippen molar-refractivity contribution in [3.05, 3.63) is 40.9 Å². The van der Waals surface area contributed by atoms with Crippen LogP contribution in [0.4, 0.5) is 0 Å². The SMILES string of the molecule is CC(C)N(CCOc1c2occc2cc2ccc(=O)oc12)C(C)C. The molecule has 5 nitrogen and oxygen atoms in total. The standard InChI is InChI=1S/C19H23NO4/c1-12(2)20(13(3)4)8-10-23-19-17-15(7-9-22-17)11-14-5-6-16(21)24-18(14)19/h5-7,9,11-13H,8,10H2,1-4H3. The van der Waals surface area contributed by atoms with Crippen molar-refractivity contribution in [2.24, 2.45) is 0 Å². The monoisotopic (exact) mass is 329 g/mol. The van der Waals surface area contributed by atoms with Gasteiger partial charge in [-0.2, -0.15) is 0 Å². The molecule has 3 aromatic rings. The molecule has 0 spiro atoms. The van der Waals surface area contributed by atoms with Crippen LogP contribution in [-0.4, -0.2) is 30.1 Å². The van der Waals surface area contributed by atoms with Crippen LogP contribution in [-0.2, 0) is 0 Å². The molecule has 24 heavy (non-hydrogen) atoms. The zero-order chi connectivity index (χ0) is 17.3. The van der Waals surface area contributed by atoms with Gasteiger partial charge in [0.25, 0.3) is 0 Å². The number of ether oxygens (including phenoxy) is 1. The molecule has 0 amide bonds. The Hall–Kier alpha value is -2.27. The zero-order valence-corrected chi connectivity index (χ0v) is 14.5. The predicted molar refractivity (Wildman–Crippen MR) is 94.7 cm³/mol. The highest BCUT2D eigenvalue weighted by Gasteiger charge is 2.17. The Labute approximate surface area is 140 Å². The molecule has 2 aromatic heterocycles. The molecule has 0 radical (unpaired) electrons. The summed E-state index contributed by atoms with van der Waals surface area (Å²) in [6.07, 6.45) is 1.61. The van der Waals surface area contributed by atoms with Crippen molar-refractivity contribution >= 4 is 21.9 Å². The van der Waals surface area contributed by atoms with Crippen LogP contribution >= 0.6 is 0 Å². The molecule has 0 N–H and O–H groups in total. The van der Waals surface area contributed by atoms with Gasteiger partial charge in [0.1, 0.15) is 6.61 Å². The van der Waals surface area contributed by atoms with Gasteiger partial charge < -0.3 is 13.6 Å². The van der Waals surface area contributed by atoms with E-state index in [2.05, 4.69) is 32.6 Å². The number of furan rings is 1. The molecule has 1 aromatic carbocycles. The number of fused-ring (bicyclic) bond motifs is 2. The maximum atomic E-state index is 11.6. The van der Waals surface area contributed by atoms with Gasteiger partial charge in [-0.25, -0.2) is 4.79 Å². The van der Waals surface area contributed by atoms with Crippen molar-refractivity contribution in [2.75, 3.05) is 13.2 Å². The maximum Gasteiger partial charge on any atom is 0.336 e. The van der Waals surface area contributed by atoms with Gasteiger partial charge in [0, 0.05) is 35.5 Å². The van der Waals surface area contributed by atoms with E-state index < -0.39 is 5.63 Å². The average Bonchev–Trinajstić information content (AvgIpc) is 2.98. The van der Waals surface area contributed by atoms with Gasteiger partial charge in [0.15, 0.2) is 11.2 Å². The summed E-state index contributed by atoms with van der Waals surface area (Å²) < 4.78 is 16.9. The van der Waals surface area contributed by atoms with Crippen molar-refractivity contribution in [3.8, 4) is 5.75 Å². The number of nitrogens with zero attached hydrogens (tertiary/aromatic N) is 1. The highest BCUT2D eigenvalue weighted by molar-refractivity contribution is 5.99. The number of rotatable bonds is 6. The molecule has 0 fully saturated rings. The summed E-state index contributed by atoms with van der Waals surface area (Å²) in [5.41, 5.74) is 0.646. The maximum absolute atomic E-state index is 11.6. The Morgan fingerprint density at radius 1 is 1.04 bits per heavy atom. The van der Waals surface area contributed by atoms with Crippen LogP contribution in [0.1, 0.15) is 27.7 Å². The summed E-state index contributed by atoms with van der Waals surface area (Å²) in [6.45, 7) is 9.95. The summed E-state index contributed by atoms with van der Waals surface area (Å²) in [5.74, 6) is 0.498. The highest BCUT2D eigenvalue weighted by atomic mass is 16.5. The second-order valence-electron chi connectivity index (χ2n) is 6.49. The van der Waals surface area contributed by atoms with E-state index in [1.54, 1.807) is 12.3 Å². The Morgan fingerprint density at radius 2 is 1.75 bits per heavy atom. The first-order chi connectivity index (χ1) is 11.5. The Morgan fingerprint density at radius 3 is 2.46 bits per heavy atom. The molecule has 0 atom stereocenters. The Bertz CT molecular complexity index is 883. The lowest BCUT2D eigenvalue weighted by Crippen LogP contribution is -2.39. The lowest BCUT2D eigenvalue weighted by Gasteiger charge is -2.30. The molecule has 0 unspecified atom stereocenters. The van der Waals surface area contributed by atoms with Gasteiger partial charge in [0.2, 0.25) is 5.75 Å². The van der Waals surface area contributed by atoms with Gasteiger partial charge in [-0.3, -0.25) is 4.90 Å². The second kappa shape index (κ2) is 6.69. The zero-order valence-electron chi connectivity index (χ0n) is 14.5. The van der Waals surface area contributed by atoms with Crippen molar-refractivity contribution < 1.29 is 13.6 Å². The van der Waals surface area contributed by atoms with E-state index >= 15 is 0 Å². The third-order valence-corrected chi connectivity index (χ3v) is 4.21. The molecule has 0 saturated heterocycles. The van der Waals surface area contributed by atoms with Crippen LogP contribution in [0.15, 0.2) is 44.2 Å². The van der Waals surface area contributed by atoms with E-state index in [0.29, 0.717) is 35.6 Å². The fourth-order valence-corrected chi connectivity index (χ4v) is 3.10. The van der Waals surface area contributed by atoms with E-state index in [4.69, 9.17) is 13.6 Å². The Balaban J connectivity index is 1.93. The molecule has 3 rings (SSSR count). The smallest absolute Gasteiger partial charge is 0.336 e. The number of hydrogen-bond donors (Lipinski definition) is 0. The lowest BCUT2D eigenvalue weighted by molar-refractivity contribution is 0.142. The first-order valence-electron chi connectivity index (χ1n) is 8.30. The summed E-state index contributed by atoms with van der Waals surface area (Å²) in [5, 5.41) is 1.75. The summed E-state index contributed by atoms with van der Waals surface area (Å²) >= 11 is 0. The molecule has 128 valence electrons. The van der Waals surface area contributed by atoms with Crippen LogP contribution in [0, 0.1) is 0 Å². The van der Waals surface area contributed by atoms with Crippen LogP contribution in [0.3, 0.4) is 0 Å². The normalized spacial score (nSPS) is 12.1. The molecular weight excluding hydrogens is 306 g/mol. The minimum atomic E-state index is -0.399. The molecule has 0 aliphatic carbocycles. The Kier molecular flexibility index (Phi) is 4.62. The minimum Gasteiger partial charge on any atom is -0.485 e. The molecule has 0 bridgehead atoms. The third-order valence-electron chi connectivity index (χ3n) is 4.21.